The van der Waals surface area contributed by atoms with Crippen LogP contribution in [0, 0.1) is 11.8 Å². The molecule has 4 heterocycles. The van der Waals surface area contributed by atoms with Gasteiger partial charge in [0.05, 0.1) is 21.8 Å². The molecule has 2 aromatic carbocycles. The molecule has 4 amide bonds. The van der Waals surface area contributed by atoms with E-state index in [1.54, 1.807) is 22.7 Å². The molecule has 2 N–H and O–H groups in total. The van der Waals surface area contributed by atoms with E-state index in [0.29, 0.717) is 25.9 Å². The minimum absolute atomic E-state index is 0.0192. The summed E-state index contributed by atoms with van der Waals surface area (Å²) in [5.74, 6) is 0.235. The van der Waals surface area contributed by atoms with Crippen molar-refractivity contribution in [2.24, 2.45) is 11.8 Å². The Bertz CT molecular complexity index is 1890. The number of carbonyl (C=O) groups excluding carboxylic acids is 4. The van der Waals surface area contributed by atoms with Crippen LogP contribution >= 0.6 is 22.7 Å². The van der Waals surface area contributed by atoms with Crippen molar-refractivity contribution in [2.75, 3.05) is 13.1 Å². The van der Waals surface area contributed by atoms with Crippen molar-refractivity contribution in [3.05, 3.63) is 70.9 Å². The maximum atomic E-state index is 13.7. The van der Waals surface area contributed by atoms with Gasteiger partial charge in [-0.25, -0.2) is 9.97 Å². The highest BCUT2D eigenvalue weighted by Gasteiger charge is 2.40. The molecule has 4 fully saturated rings. The summed E-state index contributed by atoms with van der Waals surface area (Å²) in [6, 6.07) is 16.0. The summed E-state index contributed by atoms with van der Waals surface area (Å²) in [4.78, 5) is 68.1. The number of nitrogens with one attached hydrogen (secondary N) is 2. The zero-order chi connectivity index (χ0) is 38.8. The number of carbonyl (C=O) groups is 4. The van der Waals surface area contributed by atoms with Crippen LogP contribution in [-0.4, -0.2) is 68.6 Å². The van der Waals surface area contributed by atoms with E-state index in [-0.39, 0.29) is 47.5 Å². The number of thiazole rings is 2. The number of hydrogen-bond acceptors (Lipinski definition) is 8. The summed E-state index contributed by atoms with van der Waals surface area (Å²) in [5, 5.41) is 8.00. The first-order valence-electron chi connectivity index (χ1n) is 20.7. The van der Waals surface area contributed by atoms with Gasteiger partial charge in [-0.1, -0.05) is 75.2 Å². The lowest BCUT2D eigenvalue weighted by Gasteiger charge is -2.28. The maximum absolute atomic E-state index is 13.7. The minimum atomic E-state index is -0.467. The maximum Gasteiger partial charge on any atom is 0.245 e. The minimum Gasteiger partial charge on any atom is -0.344 e. The fraction of sp³-hybridized carbons (Fsp3) is 0.500. The van der Waals surface area contributed by atoms with E-state index >= 15 is 0 Å². The Balaban J connectivity index is 0.899. The average molecular weight is 793 g/mol. The van der Waals surface area contributed by atoms with Gasteiger partial charge in [0.25, 0.3) is 0 Å². The summed E-state index contributed by atoms with van der Waals surface area (Å²) in [5.41, 5.74) is 4.42. The van der Waals surface area contributed by atoms with Gasteiger partial charge >= 0.3 is 0 Å². The molecule has 4 aromatic rings. The highest BCUT2D eigenvalue weighted by molar-refractivity contribution is 7.15. The topological polar surface area (TPSA) is 125 Å². The number of aromatic nitrogens is 2. The molecule has 8 rings (SSSR count). The Kier molecular flexibility index (Phi) is 11.7. The molecule has 4 aliphatic rings. The van der Waals surface area contributed by atoms with Gasteiger partial charge < -0.3 is 20.4 Å². The van der Waals surface area contributed by atoms with Crippen molar-refractivity contribution in [2.45, 2.75) is 115 Å². The number of amides is 4. The molecule has 2 saturated carbocycles. The summed E-state index contributed by atoms with van der Waals surface area (Å²) < 4.78 is 0. The Morgan fingerprint density at radius 2 is 0.982 bits per heavy atom. The second-order valence-electron chi connectivity index (χ2n) is 15.9. The van der Waals surface area contributed by atoms with E-state index in [1.807, 2.05) is 22.2 Å². The van der Waals surface area contributed by atoms with E-state index in [4.69, 9.17) is 9.97 Å². The summed E-state index contributed by atoms with van der Waals surface area (Å²) >= 11 is 3.29. The highest BCUT2D eigenvalue weighted by atomic mass is 32.1. The lowest BCUT2D eigenvalue weighted by molar-refractivity contribution is -0.138. The summed E-state index contributed by atoms with van der Waals surface area (Å²) in [6.45, 7) is 5.49. The van der Waals surface area contributed by atoms with Gasteiger partial charge in [-0.15, -0.1) is 22.7 Å². The van der Waals surface area contributed by atoms with Crippen LogP contribution in [0.2, 0.25) is 0 Å². The third-order valence-electron chi connectivity index (χ3n) is 11.6. The van der Waals surface area contributed by atoms with Crippen molar-refractivity contribution in [1.82, 2.24) is 30.4 Å². The van der Waals surface area contributed by atoms with E-state index < -0.39 is 12.1 Å². The van der Waals surface area contributed by atoms with E-state index in [9.17, 15) is 19.2 Å². The second-order valence-corrected chi connectivity index (χ2v) is 18.0. The normalized spacial score (nSPS) is 20.5. The molecule has 0 unspecified atom stereocenters. The van der Waals surface area contributed by atoms with Crippen LogP contribution in [0.15, 0.2) is 60.9 Å². The van der Waals surface area contributed by atoms with Crippen LogP contribution in [0.1, 0.15) is 113 Å². The van der Waals surface area contributed by atoms with Crippen LogP contribution in [0.4, 0.5) is 0 Å². The predicted molar refractivity (Wildman–Crippen MR) is 221 cm³/mol. The molecule has 2 aliphatic heterocycles. The fourth-order valence-corrected chi connectivity index (χ4v) is 10.3. The summed E-state index contributed by atoms with van der Waals surface area (Å²) in [6.07, 6.45) is 14.1. The van der Waals surface area contributed by atoms with Crippen molar-refractivity contribution in [1.29, 1.82) is 0 Å². The average Bonchev–Trinajstić information content (AvgIpc) is 3.98. The van der Waals surface area contributed by atoms with Crippen molar-refractivity contribution < 1.29 is 19.2 Å². The Morgan fingerprint density at radius 1 is 0.607 bits per heavy atom. The fourth-order valence-electron chi connectivity index (χ4n) is 8.14. The standard InChI is InChI=1S/C44H52N6O4S2/c1-3-7-33(47-39(51)31-19-20-31)43(53)49-23-5-9-35(49)41-45-25-37(55-41)29-15-11-27(12-16-29)28-13-17-30(18-14-28)38-26-46-42(56-38)36-10-6-24-50(36)44(54)34(8-4-2)48-40(52)32-21-22-32/h11-18,25-26,31-36H,3-10,19-24H2,1-2H3,(H,47,51)(H,48,52)/t33-,34-,35+,36+/m1/s1. The third kappa shape index (κ3) is 8.46. The molecular formula is C44H52N6O4S2. The van der Waals surface area contributed by atoms with Crippen molar-refractivity contribution in [3.8, 4) is 32.0 Å². The van der Waals surface area contributed by atoms with Gasteiger partial charge in [0.15, 0.2) is 0 Å². The number of rotatable bonds is 15. The van der Waals surface area contributed by atoms with Crippen molar-refractivity contribution in [3.63, 3.8) is 0 Å². The third-order valence-corrected chi connectivity index (χ3v) is 13.9. The Labute approximate surface area is 337 Å². The van der Waals surface area contributed by atoms with Crippen LogP contribution in [0.5, 0.6) is 0 Å². The van der Waals surface area contributed by atoms with Crippen LogP contribution in [-0.2, 0) is 19.2 Å². The predicted octanol–water partition coefficient (Wildman–Crippen LogP) is 8.32. The molecular weight excluding hydrogens is 741 g/mol. The lowest BCUT2D eigenvalue weighted by Crippen LogP contribution is -2.48. The molecule has 10 nitrogen and oxygen atoms in total. The molecule has 2 saturated heterocycles. The van der Waals surface area contributed by atoms with Crippen LogP contribution < -0.4 is 10.6 Å². The molecule has 56 heavy (non-hydrogen) atoms. The monoisotopic (exact) mass is 792 g/mol. The lowest BCUT2D eigenvalue weighted by atomic mass is 10.0. The van der Waals surface area contributed by atoms with E-state index in [1.165, 1.54) is 0 Å². The quantitative estimate of drug-likeness (QED) is 0.125. The second kappa shape index (κ2) is 17.0. The number of likely N-dealkylation sites (tertiary alicyclic amines) is 2. The zero-order valence-corrected chi connectivity index (χ0v) is 34.0. The number of benzene rings is 2. The molecule has 294 valence electrons. The molecule has 0 spiro atoms. The molecule has 2 aromatic heterocycles. The molecule has 4 atom stereocenters. The molecule has 12 heteroatoms. The zero-order valence-electron chi connectivity index (χ0n) is 32.4. The summed E-state index contributed by atoms with van der Waals surface area (Å²) in [7, 11) is 0. The Hall–Kier alpha value is -4.42. The molecule has 0 radical (unpaired) electrons. The Morgan fingerprint density at radius 3 is 1.34 bits per heavy atom. The van der Waals surface area contributed by atoms with Gasteiger partial charge in [-0.3, -0.25) is 19.2 Å². The first kappa shape index (κ1) is 38.5. The number of nitrogens with zero attached hydrogens (tertiary/aromatic N) is 4. The van der Waals surface area contributed by atoms with Crippen LogP contribution in [0.3, 0.4) is 0 Å². The largest absolute Gasteiger partial charge is 0.344 e. The highest BCUT2D eigenvalue weighted by Crippen LogP contribution is 2.40. The van der Waals surface area contributed by atoms with Crippen LogP contribution in [0.25, 0.3) is 32.0 Å². The van der Waals surface area contributed by atoms with Crippen molar-refractivity contribution >= 4 is 46.3 Å². The SMILES string of the molecule is CCC[C@@H](NC(=O)C1CC1)C(=O)N1CCC[C@H]1c1ncc(-c2ccc(-c3ccc(-c4cnc([C@@H]5CCCN5C(=O)[C@@H](CCC)NC(=O)C5CC5)s4)cc3)cc2)s1. The smallest absolute Gasteiger partial charge is 0.245 e. The first-order chi connectivity index (χ1) is 27.3. The van der Waals surface area contributed by atoms with Gasteiger partial charge in [-0.05, 0) is 86.5 Å². The first-order valence-corrected chi connectivity index (χ1v) is 22.3. The van der Waals surface area contributed by atoms with E-state index in [2.05, 4.69) is 73.0 Å². The van der Waals surface area contributed by atoms with E-state index in [0.717, 1.165) is 106 Å². The number of hydrogen-bond donors (Lipinski definition) is 2. The van der Waals surface area contributed by atoms with Gasteiger partial charge in [0.1, 0.15) is 22.1 Å². The van der Waals surface area contributed by atoms with Gasteiger partial charge in [-0.2, -0.15) is 0 Å². The molecule has 0 bridgehead atoms. The molecule has 2 aliphatic carbocycles. The van der Waals surface area contributed by atoms with Gasteiger partial charge in [0, 0.05) is 37.3 Å². The van der Waals surface area contributed by atoms with Gasteiger partial charge in [0.2, 0.25) is 23.6 Å².